The number of rotatable bonds is 2. The summed E-state index contributed by atoms with van der Waals surface area (Å²) in [5, 5.41) is 0. The van der Waals surface area contributed by atoms with Gasteiger partial charge < -0.3 is 0 Å². The first-order valence-corrected chi connectivity index (χ1v) is 2.99. The van der Waals surface area contributed by atoms with Crippen molar-refractivity contribution in [1.82, 2.24) is 0 Å². The van der Waals surface area contributed by atoms with Crippen molar-refractivity contribution in [3.63, 3.8) is 0 Å². The standard InChI is InChI=1S/C2HCl2NOS/c3-2(4)7-5-1-6/h2H. The molecule has 7 heavy (non-hydrogen) atoms. The normalized spacial score (nSPS) is 8.43. The first kappa shape index (κ1) is 7.31. The molecule has 0 heterocycles. The van der Waals surface area contributed by atoms with Crippen molar-refractivity contribution >= 4 is 41.2 Å². The van der Waals surface area contributed by atoms with Crippen LogP contribution in [0.3, 0.4) is 0 Å². The van der Waals surface area contributed by atoms with Crippen LogP contribution >= 0.6 is 35.1 Å². The van der Waals surface area contributed by atoms with E-state index in [1.54, 1.807) is 0 Å². The Bertz CT molecular complexity index is 89.7. The molecule has 0 aromatic rings. The van der Waals surface area contributed by atoms with Crippen LogP contribution in [0.25, 0.3) is 0 Å². The zero-order valence-corrected chi connectivity index (χ0v) is 5.43. The summed E-state index contributed by atoms with van der Waals surface area (Å²) in [6.07, 6.45) is 1.27. The molecule has 0 fully saturated rings. The smallest absolute Gasteiger partial charge is 0.210 e. The van der Waals surface area contributed by atoms with Crippen LogP contribution in [0.4, 0.5) is 0 Å². The lowest BCUT2D eigenvalue weighted by Gasteiger charge is -1.83. The van der Waals surface area contributed by atoms with E-state index >= 15 is 0 Å². The second-order valence-corrected chi connectivity index (χ2v) is 3.03. The van der Waals surface area contributed by atoms with E-state index in [2.05, 4.69) is 4.40 Å². The molecule has 0 rings (SSSR count). The van der Waals surface area contributed by atoms with E-state index in [4.69, 9.17) is 23.2 Å². The van der Waals surface area contributed by atoms with Crippen molar-refractivity contribution in [3.05, 3.63) is 0 Å². The van der Waals surface area contributed by atoms with Gasteiger partial charge in [-0.1, -0.05) is 23.2 Å². The topological polar surface area (TPSA) is 29.4 Å². The molecule has 0 saturated carbocycles. The molecule has 40 valence electrons. The Morgan fingerprint density at radius 1 is 1.71 bits per heavy atom. The third kappa shape index (κ3) is 6.31. The highest BCUT2D eigenvalue weighted by Gasteiger charge is 1.93. The van der Waals surface area contributed by atoms with Crippen LogP contribution in [-0.4, -0.2) is 10.2 Å². The molecule has 2 nitrogen and oxygen atoms in total. The fourth-order valence-electron chi connectivity index (χ4n) is 0.0614. The monoisotopic (exact) mass is 157 g/mol. The van der Waals surface area contributed by atoms with Gasteiger partial charge in [-0.25, -0.2) is 4.79 Å². The first-order chi connectivity index (χ1) is 3.27. The minimum absolute atomic E-state index is 0.665. The Labute approximate surface area is 55.0 Å². The van der Waals surface area contributed by atoms with Gasteiger partial charge in [-0.3, -0.25) is 0 Å². The van der Waals surface area contributed by atoms with Crippen LogP contribution in [0, 0.1) is 0 Å². The predicted octanol–water partition coefficient (Wildman–Crippen LogP) is 1.73. The van der Waals surface area contributed by atoms with Gasteiger partial charge in [-0.15, -0.1) is 4.40 Å². The van der Waals surface area contributed by atoms with E-state index in [1.165, 1.54) is 6.08 Å². The summed E-state index contributed by atoms with van der Waals surface area (Å²) in [5.41, 5.74) is 0. The Morgan fingerprint density at radius 2 is 2.29 bits per heavy atom. The van der Waals surface area contributed by atoms with Gasteiger partial charge in [0.2, 0.25) is 6.08 Å². The quantitative estimate of drug-likeness (QED) is 0.265. The van der Waals surface area contributed by atoms with Gasteiger partial charge in [0.1, 0.15) is 0 Å². The number of halogens is 2. The number of hydrogen-bond acceptors (Lipinski definition) is 3. The molecule has 0 amide bonds. The van der Waals surface area contributed by atoms with Crippen molar-refractivity contribution in [3.8, 4) is 0 Å². The van der Waals surface area contributed by atoms with Crippen molar-refractivity contribution < 1.29 is 4.79 Å². The van der Waals surface area contributed by atoms with Crippen molar-refractivity contribution in [2.24, 2.45) is 4.40 Å². The molecule has 0 unspecified atom stereocenters. The molecular formula is C2HCl2NOS. The van der Waals surface area contributed by atoms with Crippen molar-refractivity contribution in [2.45, 2.75) is 4.17 Å². The van der Waals surface area contributed by atoms with Crippen LogP contribution in [0.2, 0.25) is 0 Å². The summed E-state index contributed by atoms with van der Waals surface area (Å²) >= 11 is 11.0. The Kier molecular flexibility index (Phi) is 4.67. The molecule has 0 aromatic heterocycles. The summed E-state index contributed by atoms with van der Waals surface area (Å²) in [7, 11) is 0. The average Bonchev–Trinajstić information content (AvgIpc) is 1.61. The maximum Gasteiger partial charge on any atom is 0.247 e. The van der Waals surface area contributed by atoms with Gasteiger partial charge in [-0.2, -0.15) is 0 Å². The lowest BCUT2D eigenvalue weighted by atomic mass is 11.7. The van der Waals surface area contributed by atoms with Gasteiger partial charge >= 0.3 is 0 Å². The van der Waals surface area contributed by atoms with Gasteiger partial charge in [-0.05, 0) is 0 Å². The van der Waals surface area contributed by atoms with E-state index in [9.17, 15) is 4.79 Å². The molecule has 0 atom stereocenters. The van der Waals surface area contributed by atoms with Crippen molar-refractivity contribution in [2.75, 3.05) is 0 Å². The summed E-state index contributed by atoms with van der Waals surface area (Å²) in [6, 6.07) is 0. The maximum atomic E-state index is 9.28. The summed E-state index contributed by atoms with van der Waals surface area (Å²) in [6.45, 7) is 0. The summed E-state index contributed by atoms with van der Waals surface area (Å²) in [4.78, 5) is 9.28. The highest BCUT2D eigenvalue weighted by molar-refractivity contribution is 8.01. The molecule has 0 radical (unpaired) electrons. The molecule has 0 aliphatic heterocycles. The number of nitrogens with zero attached hydrogens (tertiary/aromatic N) is 1. The Morgan fingerprint density at radius 3 is 2.43 bits per heavy atom. The number of alkyl halides is 2. The third-order valence-corrected chi connectivity index (χ3v) is 0.987. The third-order valence-electron chi connectivity index (χ3n) is 0.170. The number of isocyanates is 1. The lowest BCUT2D eigenvalue weighted by Crippen LogP contribution is -1.67. The minimum Gasteiger partial charge on any atom is -0.210 e. The molecular weight excluding hydrogens is 157 g/mol. The van der Waals surface area contributed by atoms with E-state index < -0.39 is 4.17 Å². The lowest BCUT2D eigenvalue weighted by molar-refractivity contribution is 0.566. The van der Waals surface area contributed by atoms with E-state index in [-0.39, 0.29) is 0 Å². The minimum atomic E-state index is -0.665. The largest absolute Gasteiger partial charge is 0.247 e. The highest BCUT2D eigenvalue weighted by atomic mass is 35.5. The second-order valence-electron chi connectivity index (χ2n) is 0.549. The van der Waals surface area contributed by atoms with E-state index in [0.29, 0.717) is 0 Å². The first-order valence-electron chi connectivity index (χ1n) is 1.28. The van der Waals surface area contributed by atoms with Gasteiger partial charge in [0, 0.05) is 11.9 Å². The fourth-order valence-corrected chi connectivity index (χ4v) is 0.423. The number of hydrogen-bond donors (Lipinski definition) is 0. The fraction of sp³-hybridized carbons (Fsp3) is 0.500. The molecule has 0 spiro atoms. The van der Waals surface area contributed by atoms with Crippen molar-refractivity contribution in [1.29, 1.82) is 0 Å². The highest BCUT2D eigenvalue weighted by Crippen LogP contribution is 2.18. The van der Waals surface area contributed by atoms with Crippen LogP contribution in [-0.2, 0) is 4.79 Å². The van der Waals surface area contributed by atoms with Crippen LogP contribution in [0.5, 0.6) is 0 Å². The summed E-state index contributed by atoms with van der Waals surface area (Å²) < 4.78 is 2.35. The predicted molar refractivity (Wildman–Crippen MR) is 31.2 cm³/mol. The van der Waals surface area contributed by atoms with E-state index in [1.807, 2.05) is 0 Å². The Balaban J connectivity index is 3.13. The summed E-state index contributed by atoms with van der Waals surface area (Å²) in [5.74, 6) is 0. The second kappa shape index (κ2) is 4.47. The maximum absolute atomic E-state index is 9.28. The van der Waals surface area contributed by atoms with Gasteiger partial charge in [0.15, 0.2) is 4.17 Å². The molecule has 0 saturated heterocycles. The van der Waals surface area contributed by atoms with Gasteiger partial charge in [0.25, 0.3) is 0 Å². The molecule has 0 aliphatic rings. The van der Waals surface area contributed by atoms with Gasteiger partial charge in [0.05, 0.1) is 0 Å². The van der Waals surface area contributed by atoms with E-state index in [0.717, 1.165) is 11.9 Å². The molecule has 0 aromatic carbocycles. The average molecular weight is 158 g/mol. The molecule has 0 bridgehead atoms. The van der Waals surface area contributed by atoms with Crippen LogP contribution in [0.15, 0.2) is 4.40 Å². The Hall–Kier alpha value is 0.310. The molecule has 0 N–H and O–H groups in total. The zero-order valence-electron chi connectivity index (χ0n) is 3.10. The SMILES string of the molecule is O=C=NSC(Cl)Cl. The number of carbonyl (C=O) groups excluding carboxylic acids is 1. The van der Waals surface area contributed by atoms with Crippen LogP contribution < -0.4 is 0 Å². The zero-order chi connectivity index (χ0) is 5.70. The molecule has 5 heteroatoms. The van der Waals surface area contributed by atoms with Crippen LogP contribution in [0.1, 0.15) is 0 Å². The molecule has 0 aliphatic carbocycles.